The summed E-state index contributed by atoms with van der Waals surface area (Å²) in [6.07, 6.45) is 6.84. The van der Waals surface area contributed by atoms with Gasteiger partial charge in [-0.05, 0) is 56.5 Å². The van der Waals surface area contributed by atoms with Gasteiger partial charge in [0, 0.05) is 18.1 Å². The molecule has 1 unspecified atom stereocenters. The second-order valence-electron chi connectivity index (χ2n) is 5.19. The largest absolute Gasteiger partial charge is 0.319 e. The lowest BCUT2D eigenvalue weighted by molar-refractivity contribution is 0.434. The van der Waals surface area contributed by atoms with Crippen molar-refractivity contribution in [2.45, 2.75) is 19.3 Å². The molecule has 0 bridgehead atoms. The molecule has 2 heterocycles. The molecule has 0 radical (unpaired) electrons. The molecule has 5 heteroatoms. The summed E-state index contributed by atoms with van der Waals surface area (Å²) >= 11 is 5.85. The topological polar surface area (TPSA) is 50.7 Å². The molecule has 1 atom stereocenters. The van der Waals surface area contributed by atoms with Crippen LogP contribution in [0.3, 0.4) is 0 Å². The number of aryl methyl sites for hydroxylation is 1. The van der Waals surface area contributed by atoms with Crippen LogP contribution in [0, 0.1) is 5.92 Å². The Morgan fingerprint density at radius 2 is 2.20 bits per heavy atom. The molecule has 0 aromatic carbocycles. The third-order valence-corrected chi connectivity index (χ3v) is 3.93. The van der Waals surface area contributed by atoms with Gasteiger partial charge in [0.05, 0.1) is 5.02 Å². The molecule has 104 valence electrons. The van der Waals surface area contributed by atoms with Gasteiger partial charge in [-0.15, -0.1) is 0 Å². The molecule has 0 spiro atoms. The third-order valence-electron chi connectivity index (χ3n) is 3.70. The number of hydrogen-bond acceptors (Lipinski definition) is 4. The molecule has 4 nitrogen and oxygen atoms in total. The highest BCUT2D eigenvalue weighted by atomic mass is 35.5. The summed E-state index contributed by atoms with van der Waals surface area (Å²) in [7, 11) is 2.00. The molecule has 20 heavy (non-hydrogen) atoms. The van der Waals surface area contributed by atoms with Crippen molar-refractivity contribution >= 4 is 11.6 Å². The van der Waals surface area contributed by atoms with E-state index in [1.165, 1.54) is 17.7 Å². The lowest BCUT2D eigenvalue weighted by atomic mass is 9.87. The van der Waals surface area contributed by atoms with E-state index >= 15 is 0 Å². The molecule has 0 saturated heterocycles. The lowest BCUT2D eigenvalue weighted by Gasteiger charge is -2.23. The zero-order valence-electron chi connectivity index (χ0n) is 11.4. The molecule has 3 rings (SSSR count). The maximum atomic E-state index is 5.85. The van der Waals surface area contributed by atoms with Crippen molar-refractivity contribution in [2.75, 3.05) is 13.6 Å². The highest BCUT2D eigenvalue weighted by Gasteiger charge is 2.20. The normalized spacial score (nSPS) is 17.8. The minimum atomic E-state index is 0.626. The first-order valence-electron chi connectivity index (χ1n) is 6.87. The van der Waals surface area contributed by atoms with Crippen molar-refractivity contribution in [3.63, 3.8) is 0 Å². The summed E-state index contributed by atoms with van der Waals surface area (Å²) in [5.74, 6) is 1.38. The number of rotatable bonds is 3. The molecule has 1 aliphatic rings. The molecular weight excluding hydrogens is 272 g/mol. The zero-order chi connectivity index (χ0) is 13.9. The van der Waals surface area contributed by atoms with Crippen LogP contribution < -0.4 is 5.32 Å². The summed E-state index contributed by atoms with van der Waals surface area (Å²) in [5, 5.41) is 3.87. The molecule has 0 aliphatic heterocycles. The number of halogens is 1. The second kappa shape index (κ2) is 5.85. The maximum absolute atomic E-state index is 5.85. The molecule has 0 fully saturated rings. The van der Waals surface area contributed by atoms with E-state index in [-0.39, 0.29) is 0 Å². The summed E-state index contributed by atoms with van der Waals surface area (Å²) in [6.45, 7) is 1.06. The van der Waals surface area contributed by atoms with Gasteiger partial charge in [0.15, 0.2) is 5.82 Å². The summed E-state index contributed by atoms with van der Waals surface area (Å²) in [6, 6.07) is 3.67. The van der Waals surface area contributed by atoms with E-state index in [0.717, 1.165) is 25.1 Å². The average Bonchev–Trinajstić information content (AvgIpc) is 2.48. The van der Waals surface area contributed by atoms with Gasteiger partial charge in [-0.1, -0.05) is 11.6 Å². The lowest BCUT2D eigenvalue weighted by Crippen LogP contribution is -2.25. The van der Waals surface area contributed by atoms with Gasteiger partial charge in [0.25, 0.3) is 0 Å². The smallest absolute Gasteiger partial charge is 0.178 e. The molecule has 2 aromatic rings. The predicted molar refractivity (Wildman–Crippen MR) is 79.7 cm³/mol. The summed E-state index contributed by atoms with van der Waals surface area (Å²) in [4.78, 5) is 13.4. The minimum absolute atomic E-state index is 0.626. The number of fused-ring (bicyclic) bond motifs is 1. The van der Waals surface area contributed by atoms with E-state index in [1.54, 1.807) is 6.20 Å². The van der Waals surface area contributed by atoms with Crippen molar-refractivity contribution in [3.05, 3.63) is 40.8 Å². The van der Waals surface area contributed by atoms with Gasteiger partial charge in [-0.2, -0.15) is 0 Å². The Hall–Kier alpha value is -1.52. The van der Waals surface area contributed by atoms with E-state index in [4.69, 9.17) is 11.6 Å². The highest BCUT2D eigenvalue weighted by molar-refractivity contribution is 6.30. The van der Waals surface area contributed by atoms with Crippen LogP contribution in [0.4, 0.5) is 0 Å². The fourth-order valence-corrected chi connectivity index (χ4v) is 2.79. The first kappa shape index (κ1) is 13.5. The quantitative estimate of drug-likeness (QED) is 0.943. The maximum Gasteiger partial charge on any atom is 0.178 e. The number of pyridine rings is 1. The molecule has 2 aromatic heterocycles. The van der Waals surface area contributed by atoms with Crippen LogP contribution in [0.2, 0.25) is 5.02 Å². The Bertz CT molecular complexity index is 597. The van der Waals surface area contributed by atoms with E-state index in [9.17, 15) is 0 Å². The molecule has 1 N–H and O–H groups in total. The molecular formula is C15H17ClN4. The fourth-order valence-electron chi connectivity index (χ4n) is 2.68. The Morgan fingerprint density at radius 1 is 1.30 bits per heavy atom. The fraction of sp³-hybridized carbons (Fsp3) is 0.400. The van der Waals surface area contributed by atoms with Crippen molar-refractivity contribution in [1.29, 1.82) is 0 Å². The first-order chi connectivity index (χ1) is 9.76. The van der Waals surface area contributed by atoms with E-state index < -0.39 is 0 Å². The van der Waals surface area contributed by atoms with E-state index in [0.29, 0.717) is 16.8 Å². The number of nitrogens with zero attached hydrogens (tertiary/aromatic N) is 3. The minimum Gasteiger partial charge on any atom is -0.319 e. The first-order valence-corrected chi connectivity index (χ1v) is 7.25. The second-order valence-corrected chi connectivity index (χ2v) is 5.63. The average molecular weight is 289 g/mol. The number of nitrogens with one attached hydrogen (secondary N) is 1. The van der Waals surface area contributed by atoms with Crippen molar-refractivity contribution in [3.8, 4) is 11.5 Å². The van der Waals surface area contributed by atoms with Crippen LogP contribution in [-0.2, 0) is 12.8 Å². The SMILES string of the molecule is CNCC1CCc2nc(-c3ccc(Cl)cn3)ncc2C1. The van der Waals surface area contributed by atoms with Crippen LogP contribution in [0.5, 0.6) is 0 Å². The Morgan fingerprint density at radius 3 is 2.95 bits per heavy atom. The van der Waals surface area contributed by atoms with Crippen LogP contribution in [0.1, 0.15) is 17.7 Å². The number of aromatic nitrogens is 3. The van der Waals surface area contributed by atoms with Crippen LogP contribution in [0.15, 0.2) is 24.5 Å². The summed E-state index contributed by atoms with van der Waals surface area (Å²) in [5.41, 5.74) is 3.21. The van der Waals surface area contributed by atoms with Gasteiger partial charge >= 0.3 is 0 Å². The van der Waals surface area contributed by atoms with Gasteiger partial charge < -0.3 is 5.32 Å². The van der Waals surface area contributed by atoms with Gasteiger partial charge in [-0.25, -0.2) is 9.97 Å². The van der Waals surface area contributed by atoms with Crippen molar-refractivity contribution in [2.24, 2.45) is 5.92 Å². The van der Waals surface area contributed by atoms with Crippen LogP contribution in [0.25, 0.3) is 11.5 Å². The van der Waals surface area contributed by atoms with E-state index in [2.05, 4.69) is 20.3 Å². The third kappa shape index (κ3) is 2.81. The zero-order valence-corrected chi connectivity index (χ0v) is 12.2. The summed E-state index contributed by atoms with van der Waals surface area (Å²) < 4.78 is 0. The Labute approximate surface area is 123 Å². The standard InChI is InChI=1S/C15H17ClN4/c1-17-7-10-2-4-13-11(6-10)8-19-15(20-13)14-5-3-12(16)9-18-14/h3,5,8-10,17H,2,4,6-7H2,1H3. The highest BCUT2D eigenvalue weighted by Crippen LogP contribution is 2.25. The predicted octanol–water partition coefficient (Wildman–Crippen LogP) is 2.52. The van der Waals surface area contributed by atoms with Gasteiger partial charge in [0.1, 0.15) is 5.69 Å². The molecule has 0 saturated carbocycles. The molecule has 1 aliphatic carbocycles. The van der Waals surface area contributed by atoms with Gasteiger partial charge in [0.2, 0.25) is 0 Å². The van der Waals surface area contributed by atoms with Gasteiger partial charge in [-0.3, -0.25) is 4.98 Å². The van der Waals surface area contributed by atoms with E-state index in [1.807, 2.05) is 25.4 Å². The monoisotopic (exact) mass is 288 g/mol. The number of hydrogen-bond donors (Lipinski definition) is 1. The van der Waals surface area contributed by atoms with Crippen molar-refractivity contribution in [1.82, 2.24) is 20.3 Å². The molecule has 0 amide bonds. The van der Waals surface area contributed by atoms with Crippen molar-refractivity contribution < 1.29 is 0 Å². The Kier molecular flexibility index (Phi) is 3.94. The van der Waals surface area contributed by atoms with Crippen LogP contribution >= 0.6 is 11.6 Å². The van der Waals surface area contributed by atoms with Crippen LogP contribution in [-0.4, -0.2) is 28.5 Å². The Balaban J connectivity index is 1.85.